The number of carbonyl (C=O) groups excluding carboxylic acids is 2. The summed E-state index contributed by atoms with van der Waals surface area (Å²) in [6.45, 7) is 7.78. The number of nitrogens with zero attached hydrogens (tertiary/aromatic N) is 1. The molecule has 3 aromatic rings. The van der Waals surface area contributed by atoms with Crippen LogP contribution in [0.25, 0.3) is 0 Å². The molecular formula is C37H47F2N3O4. The second kappa shape index (κ2) is 16.7. The van der Waals surface area contributed by atoms with E-state index in [0.717, 1.165) is 48.6 Å². The number of halogens is 2. The molecule has 3 N–H and O–H groups in total. The Hall–Kier alpha value is -3.82. The molecule has 0 aliphatic carbocycles. The van der Waals surface area contributed by atoms with Crippen molar-refractivity contribution in [3.05, 3.63) is 100 Å². The van der Waals surface area contributed by atoms with Crippen LogP contribution in [0.15, 0.2) is 60.7 Å². The molecule has 4 atom stereocenters. The van der Waals surface area contributed by atoms with Crippen LogP contribution < -0.4 is 15.4 Å². The number of nitrogens with one attached hydrogen (secondary N) is 2. The number of aryl methyl sites for hydroxylation is 1. The number of aliphatic hydroxyl groups excluding tert-OH is 1. The van der Waals surface area contributed by atoms with Crippen molar-refractivity contribution < 1.29 is 28.2 Å². The van der Waals surface area contributed by atoms with E-state index in [-0.39, 0.29) is 29.9 Å². The smallest absolute Gasteiger partial charge is 0.253 e. The highest BCUT2D eigenvalue weighted by atomic mass is 19.1. The lowest BCUT2D eigenvalue weighted by molar-refractivity contribution is 0.0576. The summed E-state index contributed by atoms with van der Waals surface area (Å²) in [5, 5.41) is 18.1. The second-order valence-electron chi connectivity index (χ2n) is 12.4. The standard InChI is InChI=1S/C37H47F2N3O4/c1-5-12-42(13-6-2)37(45)29-15-24(3)14-28(22-29)36(44)41-34(21-27-17-30(38)23-31(39)18-27)35(43)33-20-26(10-11-40-33)16-25-8-7-9-32(19-25)46-4/h7-9,14-15,17-19,22-23,26,33-35,40,43H,5-6,10-13,16,20-21H2,1-4H3,(H,41,44)/t26?,33-,34+,35-/m1/s1. The molecule has 1 aliphatic heterocycles. The number of aliphatic hydroxyl groups is 1. The normalized spacial score (nSPS) is 17.6. The molecule has 1 heterocycles. The SMILES string of the molecule is CCCN(CCC)C(=O)c1cc(C)cc(C(=O)N[C@@H](Cc2cc(F)cc(F)c2)[C@H](O)[C@H]2CC(Cc3cccc(OC)c3)CCN2)c1. The van der Waals surface area contributed by atoms with Gasteiger partial charge in [-0.2, -0.15) is 0 Å². The van der Waals surface area contributed by atoms with Crippen LogP contribution in [0.1, 0.15) is 76.9 Å². The molecular weight excluding hydrogens is 588 g/mol. The number of amides is 2. The number of benzene rings is 3. The lowest BCUT2D eigenvalue weighted by Gasteiger charge is -2.37. The zero-order valence-electron chi connectivity index (χ0n) is 27.3. The van der Waals surface area contributed by atoms with Gasteiger partial charge in [-0.05, 0) is 117 Å². The van der Waals surface area contributed by atoms with Crippen molar-refractivity contribution in [2.45, 2.75) is 77.5 Å². The third-order valence-electron chi connectivity index (χ3n) is 8.58. The summed E-state index contributed by atoms with van der Waals surface area (Å²) in [5.41, 5.74) is 2.92. The van der Waals surface area contributed by atoms with Gasteiger partial charge in [-0.3, -0.25) is 9.59 Å². The number of methoxy groups -OCH3 is 1. The van der Waals surface area contributed by atoms with E-state index in [4.69, 9.17) is 4.74 Å². The fraction of sp³-hybridized carbons (Fsp3) is 0.459. The van der Waals surface area contributed by atoms with Crippen molar-refractivity contribution in [2.75, 3.05) is 26.7 Å². The number of hydrogen-bond donors (Lipinski definition) is 3. The van der Waals surface area contributed by atoms with Gasteiger partial charge in [0.25, 0.3) is 11.8 Å². The molecule has 2 amide bonds. The number of rotatable bonds is 14. The molecule has 1 aliphatic rings. The van der Waals surface area contributed by atoms with Gasteiger partial charge in [-0.25, -0.2) is 8.78 Å². The van der Waals surface area contributed by atoms with Crippen molar-refractivity contribution in [1.29, 1.82) is 0 Å². The molecule has 0 radical (unpaired) electrons. The Labute approximate surface area is 271 Å². The average molecular weight is 636 g/mol. The van der Waals surface area contributed by atoms with Crippen molar-refractivity contribution in [1.82, 2.24) is 15.5 Å². The fourth-order valence-corrected chi connectivity index (χ4v) is 6.46. The number of ether oxygens (including phenoxy) is 1. The molecule has 1 unspecified atom stereocenters. The van der Waals surface area contributed by atoms with E-state index in [9.17, 15) is 23.5 Å². The first-order chi connectivity index (χ1) is 22.1. The Bertz CT molecular complexity index is 1460. The van der Waals surface area contributed by atoms with Crippen LogP contribution in [0.3, 0.4) is 0 Å². The molecule has 3 aromatic carbocycles. The molecule has 46 heavy (non-hydrogen) atoms. The maximum atomic E-state index is 14.2. The first kappa shape index (κ1) is 35.0. The maximum absolute atomic E-state index is 14.2. The van der Waals surface area contributed by atoms with Crippen LogP contribution in [-0.4, -0.2) is 66.8 Å². The predicted octanol–water partition coefficient (Wildman–Crippen LogP) is 5.86. The van der Waals surface area contributed by atoms with E-state index in [1.54, 1.807) is 30.2 Å². The summed E-state index contributed by atoms with van der Waals surface area (Å²) < 4.78 is 33.7. The van der Waals surface area contributed by atoms with Crippen molar-refractivity contribution >= 4 is 11.8 Å². The minimum absolute atomic E-state index is 0.0126. The molecule has 1 saturated heterocycles. The third-order valence-corrected chi connectivity index (χ3v) is 8.58. The number of piperidine rings is 1. The van der Waals surface area contributed by atoms with Gasteiger partial charge in [0, 0.05) is 36.3 Å². The first-order valence-corrected chi connectivity index (χ1v) is 16.3. The number of hydrogen-bond acceptors (Lipinski definition) is 5. The summed E-state index contributed by atoms with van der Waals surface area (Å²) in [4.78, 5) is 28.9. The Morgan fingerprint density at radius 3 is 2.37 bits per heavy atom. The van der Waals surface area contributed by atoms with Crippen molar-refractivity contribution in [3.63, 3.8) is 0 Å². The Kier molecular flexibility index (Phi) is 12.7. The van der Waals surface area contributed by atoms with Crippen LogP contribution >= 0.6 is 0 Å². The van der Waals surface area contributed by atoms with E-state index in [2.05, 4.69) is 16.7 Å². The minimum Gasteiger partial charge on any atom is -0.497 e. The highest BCUT2D eigenvalue weighted by Crippen LogP contribution is 2.26. The van der Waals surface area contributed by atoms with E-state index in [1.165, 1.54) is 12.1 Å². The van der Waals surface area contributed by atoms with Crippen molar-refractivity contribution in [2.24, 2.45) is 5.92 Å². The largest absolute Gasteiger partial charge is 0.497 e. The van der Waals surface area contributed by atoms with Gasteiger partial charge in [-0.1, -0.05) is 26.0 Å². The zero-order chi connectivity index (χ0) is 33.2. The average Bonchev–Trinajstić information content (AvgIpc) is 3.03. The Morgan fingerprint density at radius 1 is 1.00 bits per heavy atom. The molecule has 0 spiro atoms. The maximum Gasteiger partial charge on any atom is 0.253 e. The highest BCUT2D eigenvalue weighted by Gasteiger charge is 2.34. The molecule has 0 saturated carbocycles. The van der Waals surface area contributed by atoms with Crippen LogP contribution in [0.2, 0.25) is 0 Å². The van der Waals surface area contributed by atoms with Crippen LogP contribution in [0.4, 0.5) is 8.78 Å². The summed E-state index contributed by atoms with van der Waals surface area (Å²) in [6.07, 6.45) is 2.97. The summed E-state index contributed by atoms with van der Waals surface area (Å²) in [6, 6.07) is 15.0. The van der Waals surface area contributed by atoms with Gasteiger partial charge in [-0.15, -0.1) is 0 Å². The lowest BCUT2D eigenvalue weighted by Crippen LogP contribution is -2.56. The number of carbonyl (C=O) groups is 2. The van der Waals surface area contributed by atoms with Crippen molar-refractivity contribution in [3.8, 4) is 5.75 Å². The fourth-order valence-electron chi connectivity index (χ4n) is 6.46. The zero-order valence-corrected chi connectivity index (χ0v) is 27.3. The van der Waals surface area contributed by atoms with Gasteiger partial charge in [0.2, 0.25) is 0 Å². The first-order valence-electron chi connectivity index (χ1n) is 16.3. The summed E-state index contributed by atoms with van der Waals surface area (Å²) in [5.74, 6) is -1.00. The van der Waals surface area contributed by atoms with Gasteiger partial charge >= 0.3 is 0 Å². The third kappa shape index (κ3) is 9.59. The summed E-state index contributed by atoms with van der Waals surface area (Å²) in [7, 11) is 1.64. The minimum atomic E-state index is -1.06. The molecule has 1 fully saturated rings. The topological polar surface area (TPSA) is 90.9 Å². The van der Waals surface area contributed by atoms with E-state index < -0.39 is 29.7 Å². The Morgan fingerprint density at radius 2 is 1.70 bits per heavy atom. The second-order valence-corrected chi connectivity index (χ2v) is 12.4. The quantitative estimate of drug-likeness (QED) is 0.207. The van der Waals surface area contributed by atoms with E-state index >= 15 is 0 Å². The van der Waals surface area contributed by atoms with Crippen LogP contribution in [0, 0.1) is 24.5 Å². The molecule has 0 bridgehead atoms. The van der Waals surface area contributed by atoms with Gasteiger partial charge in [0.05, 0.1) is 19.3 Å². The Balaban J connectivity index is 1.57. The van der Waals surface area contributed by atoms with E-state index in [1.807, 2.05) is 39.0 Å². The summed E-state index contributed by atoms with van der Waals surface area (Å²) >= 11 is 0. The lowest BCUT2D eigenvalue weighted by atomic mass is 9.83. The van der Waals surface area contributed by atoms with Gasteiger partial charge in [0.15, 0.2) is 0 Å². The molecule has 4 rings (SSSR count). The predicted molar refractivity (Wildman–Crippen MR) is 176 cm³/mol. The molecule has 0 aromatic heterocycles. The van der Waals surface area contributed by atoms with E-state index in [0.29, 0.717) is 37.2 Å². The molecule has 7 nitrogen and oxygen atoms in total. The molecule has 9 heteroatoms. The van der Waals surface area contributed by atoms with Gasteiger partial charge in [0.1, 0.15) is 17.4 Å². The monoisotopic (exact) mass is 635 g/mol. The van der Waals surface area contributed by atoms with Crippen LogP contribution in [0.5, 0.6) is 5.75 Å². The highest BCUT2D eigenvalue weighted by molar-refractivity contribution is 6.00. The van der Waals surface area contributed by atoms with Crippen LogP contribution in [-0.2, 0) is 12.8 Å². The van der Waals surface area contributed by atoms with Gasteiger partial charge < -0.3 is 25.4 Å². The molecule has 248 valence electrons.